The Labute approximate surface area is 164 Å². The van der Waals surface area contributed by atoms with Crippen LogP contribution >= 0.6 is 0 Å². The van der Waals surface area contributed by atoms with Crippen molar-refractivity contribution < 1.29 is 14.3 Å². The fourth-order valence-electron chi connectivity index (χ4n) is 2.26. The summed E-state index contributed by atoms with van der Waals surface area (Å²) >= 11 is 0. The van der Waals surface area contributed by atoms with Crippen LogP contribution in [-0.2, 0) is 16.1 Å². The summed E-state index contributed by atoms with van der Waals surface area (Å²) in [6.45, 7) is 2.80. The van der Waals surface area contributed by atoms with Gasteiger partial charge in [-0.15, -0.1) is 0 Å². The molecule has 5 N–H and O–H groups in total. The molecule has 7 nitrogen and oxygen atoms in total. The van der Waals surface area contributed by atoms with E-state index in [9.17, 15) is 9.59 Å². The number of esters is 1. The highest BCUT2D eigenvalue weighted by Crippen LogP contribution is 2.14. The molecular weight excluding hydrogens is 356 g/mol. The molecule has 28 heavy (non-hydrogen) atoms. The van der Waals surface area contributed by atoms with Gasteiger partial charge in [-0.1, -0.05) is 31.2 Å². The summed E-state index contributed by atoms with van der Waals surface area (Å²) in [5.41, 5.74) is 13.3. The van der Waals surface area contributed by atoms with Crippen LogP contribution in [0.1, 0.15) is 34.8 Å². The first-order chi connectivity index (χ1) is 13.5. The summed E-state index contributed by atoms with van der Waals surface area (Å²) < 4.78 is 5.31. The van der Waals surface area contributed by atoms with E-state index in [1.54, 1.807) is 30.3 Å². The van der Waals surface area contributed by atoms with E-state index >= 15 is 0 Å². The summed E-state index contributed by atoms with van der Waals surface area (Å²) in [5.74, 6) is -0.603. The van der Waals surface area contributed by atoms with E-state index in [0.29, 0.717) is 17.8 Å². The van der Waals surface area contributed by atoms with Crippen molar-refractivity contribution in [2.75, 3.05) is 6.54 Å². The average Bonchev–Trinajstić information content (AvgIpc) is 2.69. The highest BCUT2D eigenvalue weighted by Gasteiger charge is 2.07. The number of hydrogen-bond acceptors (Lipinski definition) is 4. The summed E-state index contributed by atoms with van der Waals surface area (Å²) in [7, 11) is 0. The van der Waals surface area contributed by atoms with Crippen molar-refractivity contribution in [3.8, 4) is 0 Å². The van der Waals surface area contributed by atoms with Gasteiger partial charge in [-0.2, -0.15) is 0 Å². The molecule has 2 rings (SSSR count). The zero-order valence-electron chi connectivity index (χ0n) is 15.7. The van der Waals surface area contributed by atoms with Crippen molar-refractivity contribution in [3.63, 3.8) is 0 Å². The van der Waals surface area contributed by atoms with Crippen LogP contribution in [0.2, 0.25) is 0 Å². The molecule has 0 aliphatic rings. The molecule has 7 heteroatoms. The maximum atomic E-state index is 12.1. The molecule has 0 heterocycles. The first-order valence-electron chi connectivity index (χ1n) is 8.89. The van der Waals surface area contributed by atoms with Crippen LogP contribution in [0.5, 0.6) is 0 Å². The van der Waals surface area contributed by atoms with Crippen LogP contribution in [-0.4, -0.2) is 24.4 Å². The van der Waals surface area contributed by atoms with E-state index < -0.39 is 5.97 Å². The van der Waals surface area contributed by atoms with Gasteiger partial charge in [0.15, 0.2) is 5.96 Å². The third-order valence-electron chi connectivity index (χ3n) is 3.69. The lowest BCUT2D eigenvalue weighted by Gasteiger charge is -2.06. The van der Waals surface area contributed by atoms with E-state index in [1.165, 1.54) is 6.08 Å². The van der Waals surface area contributed by atoms with Gasteiger partial charge < -0.3 is 21.5 Å². The van der Waals surface area contributed by atoms with Gasteiger partial charge in [-0.3, -0.25) is 4.79 Å². The standard InChI is InChI=1S/C21H24N4O3/c1-2-13-24-19(26)12-7-15-3-5-16(6-4-15)14-28-20(27)17-8-10-18(11-9-17)25-21(22)23/h3-12H,2,13-14H2,1H3,(H,24,26)(H4,22,23,25). The van der Waals surface area contributed by atoms with Crippen LogP contribution in [0.25, 0.3) is 6.08 Å². The zero-order valence-corrected chi connectivity index (χ0v) is 15.7. The zero-order chi connectivity index (χ0) is 20.4. The van der Waals surface area contributed by atoms with Crippen LogP contribution in [0.15, 0.2) is 59.6 Å². The maximum Gasteiger partial charge on any atom is 0.338 e. The van der Waals surface area contributed by atoms with Gasteiger partial charge >= 0.3 is 5.97 Å². The molecule has 1 amide bonds. The number of nitrogens with zero attached hydrogens (tertiary/aromatic N) is 1. The van der Waals surface area contributed by atoms with Gasteiger partial charge in [0.25, 0.3) is 0 Å². The maximum absolute atomic E-state index is 12.1. The van der Waals surface area contributed by atoms with Crippen molar-refractivity contribution in [2.24, 2.45) is 16.5 Å². The van der Waals surface area contributed by atoms with Gasteiger partial charge in [0.1, 0.15) is 6.61 Å². The van der Waals surface area contributed by atoms with E-state index in [1.807, 2.05) is 31.2 Å². The Balaban J connectivity index is 1.87. The number of carbonyl (C=O) groups is 2. The highest BCUT2D eigenvalue weighted by molar-refractivity contribution is 5.91. The molecule has 0 aliphatic carbocycles. The number of hydrogen-bond donors (Lipinski definition) is 3. The molecule has 0 fully saturated rings. The predicted octanol–water partition coefficient (Wildman–Crippen LogP) is 2.49. The first-order valence-corrected chi connectivity index (χ1v) is 8.89. The number of ether oxygens (including phenoxy) is 1. The smallest absolute Gasteiger partial charge is 0.338 e. The van der Waals surface area contributed by atoms with Crippen LogP contribution in [0.4, 0.5) is 5.69 Å². The minimum absolute atomic E-state index is 0.0461. The summed E-state index contributed by atoms with van der Waals surface area (Å²) in [6.07, 6.45) is 4.13. The van der Waals surface area contributed by atoms with Gasteiger partial charge in [0.05, 0.1) is 11.3 Å². The molecule has 0 bridgehead atoms. The van der Waals surface area contributed by atoms with Crippen molar-refractivity contribution in [2.45, 2.75) is 20.0 Å². The monoisotopic (exact) mass is 380 g/mol. The molecule has 0 atom stereocenters. The largest absolute Gasteiger partial charge is 0.457 e. The molecular formula is C21H24N4O3. The average molecular weight is 380 g/mol. The van der Waals surface area contributed by atoms with E-state index in [2.05, 4.69) is 10.3 Å². The third kappa shape index (κ3) is 6.95. The topological polar surface area (TPSA) is 120 Å². The lowest BCUT2D eigenvalue weighted by molar-refractivity contribution is -0.116. The SMILES string of the molecule is CCCNC(=O)C=Cc1ccc(COC(=O)c2ccc(N=C(N)N)cc2)cc1. The second-order valence-corrected chi connectivity index (χ2v) is 6.03. The van der Waals surface area contributed by atoms with Crippen molar-refractivity contribution in [3.05, 3.63) is 71.3 Å². The van der Waals surface area contributed by atoms with E-state index in [-0.39, 0.29) is 18.5 Å². The minimum atomic E-state index is -0.437. The van der Waals surface area contributed by atoms with Gasteiger partial charge in [-0.05, 0) is 47.9 Å². The number of guanidine groups is 1. The molecule has 0 saturated heterocycles. The Hall–Kier alpha value is -3.61. The molecule has 0 unspecified atom stereocenters. The lowest BCUT2D eigenvalue weighted by atomic mass is 10.1. The Morgan fingerprint density at radius 1 is 1.07 bits per heavy atom. The molecule has 146 valence electrons. The first kappa shape index (κ1) is 20.7. The fourth-order valence-corrected chi connectivity index (χ4v) is 2.26. The number of aliphatic imine (C=N–C) groups is 1. The Morgan fingerprint density at radius 2 is 1.75 bits per heavy atom. The number of benzene rings is 2. The quantitative estimate of drug-likeness (QED) is 0.281. The molecule has 0 aromatic heterocycles. The van der Waals surface area contributed by atoms with Gasteiger partial charge in [0.2, 0.25) is 5.91 Å². The van der Waals surface area contributed by atoms with Gasteiger partial charge in [-0.25, -0.2) is 9.79 Å². The Bertz CT molecular complexity index is 852. The molecule has 0 radical (unpaired) electrons. The molecule has 2 aromatic carbocycles. The van der Waals surface area contributed by atoms with Crippen LogP contribution < -0.4 is 16.8 Å². The molecule has 2 aromatic rings. The molecule has 0 spiro atoms. The van der Waals surface area contributed by atoms with Crippen molar-refractivity contribution in [1.29, 1.82) is 0 Å². The van der Waals surface area contributed by atoms with Crippen molar-refractivity contribution in [1.82, 2.24) is 5.32 Å². The van der Waals surface area contributed by atoms with Crippen molar-refractivity contribution >= 4 is 29.6 Å². The summed E-state index contributed by atoms with van der Waals surface area (Å²) in [4.78, 5) is 27.6. The second-order valence-electron chi connectivity index (χ2n) is 6.03. The molecule has 0 aliphatic heterocycles. The van der Waals surface area contributed by atoms with Crippen LogP contribution in [0, 0.1) is 0 Å². The Morgan fingerprint density at radius 3 is 2.36 bits per heavy atom. The predicted molar refractivity (Wildman–Crippen MR) is 110 cm³/mol. The van der Waals surface area contributed by atoms with Crippen LogP contribution in [0.3, 0.4) is 0 Å². The number of rotatable bonds is 8. The highest BCUT2D eigenvalue weighted by atomic mass is 16.5. The minimum Gasteiger partial charge on any atom is -0.457 e. The lowest BCUT2D eigenvalue weighted by Crippen LogP contribution is -2.21. The van der Waals surface area contributed by atoms with Gasteiger partial charge in [0, 0.05) is 12.6 Å². The van der Waals surface area contributed by atoms with E-state index in [4.69, 9.17) is 16.2 Å². The second kappa shape index (κ2) is 10.5. The number of nitrogens with two attached hydrogens (primary N) is 2. The third-order valence-corrected chi connectivity index (χ3v) is 3.69. The summed E-state index contributed by atoms with van der Waals surface area (Å²) in [6, 6.07) is 13.9. The normalized spacial score (nSPS) is 10.5. The summed E-state index contributed by atoms with van der Waals surface area (Å²) in [5, 5.41) is 2.77. The Kier molecular flexibility index (Phi) is 7.77. The fraction of sp³-hybridized carbons (Fsp3) is 0.190. The number of amides is 1. The number of carbonyl (C=O) groups excluding carboxylic acids is 2. The number of nitrogens with one attached hydrogen (secondary N) is 1. The van der Waals surface area contributed by atoms with E-state index in [0.717, 1.165) is 17.5 Å². The molecule has 0 saturated carbocycles.